The summed E-state index contributed by atoms with van der Waals surface area (Å²) in [7, 11) is 1.33. The normalized spacial score (nSPS) is 19.8. The zero-order valence-electron chi connectivity index (χ0n) is 22.6. The summed E-state index contributed by atoms with van der Waals surface area (Å²) in [6.07, 6.45) is 3.08. The van der Waals surface area contributed by atoms with Gasteiger partial charge in [-0.15, -0.1) is 0 Å². The van der Waals surface area contributed by atoms with Crippen LogP contribution < -0.4 is 10.1 Å². The molecule has 1 aromatic carbocycles. The highest BCUT2D eigenvalue weighted by atomic mass is 16.5. The third-order valence-corrected chi connectivity index (χ3v) is 7.35. The first-order valence-electron chi connectivity index (χ1n) is 13.4. The Labute approximate surface area is 228 Å². The number of hydrogen-bond donors (Lipinski definition) is 1. The van der Waals surface area contributed by atoms with E-state index < -0.39 is 5.92 Å². The van der Waals surface area contributed by atoms with E-state index in [0.717, 1.165) is 5.56 Å². The number of fused-ring (bicyclic) bond motifs is 4. The van der Waals surface area contributed by atoms with Gasteiger partial charge < -0.3 is 24.6 Å². The Bertz CT molecular complexity index is 1200. The standard InChI is InChI=1S/C29H36N4O6/c1-20-23(9-5-12-30-20)29(37)33-18-24-21-7-3-8-22(17-21)39-16-15-32(26(34)10-4-11-27(35)38-2)14-6-13-31-28(36)25(24)19-33/h3,5,7-9,12,17,24-25H,4,6,10-11,13-16,18-19H2,1-2H3,(H,31,36)/t24-,25+/m1/s1. The van der Waals surface area contributed by atoms with Gasteiger partial charge in [-0.3, -0.25) is 24.2 Å². The van der Waals surface area contributed by atoms with E-state index >= 15 is 0 Å². The van der Waals surface area contributed by atoms with Crippen molar-refractivity contribution in [1.82, 2.24) is 20.1 Å². The summed E-state index contributed by atoms with van der Waals surface area (Å²) >= 11 is 0. The van der Waals surface area contributed by atoms with Gasteiger partial charge in [-0.05, 0) is 49.6 Å². The second-order valence-corrected chi connectivity index (χ2v) is 9.94. The molecule has 10 nitrogen and oxygen atoms in total. The van der Waals surface area contributed by atoms with Crippen LogP contribution in [-0.4, -0.2) is 84.9 Å². The number of ether oxygens (including phenoxy) is 2. The van der Waals surface area contributed by atoms with Crippen molar-refractivity contribution in [2.45, 2.75) is 38.5 Å². The lowest BCUT2D eigenvalue weighted by molar-refractivity contribution is -0.141. The molecular formula is C29H36N4O6. The van der Waals surface area contributed by atoms with Crippen LogP contribution in [0.4, 0.5) is 0 Å². The summed E-state index contributed by atoms with van der Waals surface area (Å²) in [5.74, 6) is -0.591. The molecule has 4 rings (SSSR count). The van der Waals surface area contributed by atoms with E-state index in [9.17, 15) is 19.2 Å². The van der Waals surface area contributed by atoms with Crippen molar-refractivity contribution in [3.63, 3.8) is 0 Å². The molecule has 3 amide bonds. The van der Waals surface area contributed by atoms with Crippen LogP contribution in [0.2, 0.25) is 0 Å². The van der Waals surface area contributed by atoms with Gasteiger partial charge in [0.1, 0.15) is 12.4 Å². The van der Waals surface area contributed by atoms with E-state index in [-0.39, 0.29) is 42.5 Å². The number of nitrogens with one attached hydrogen (secondary N) is 1. The monoisotopic (exact) mass is 536 g/mol. The number of benzene rings is 1. The Kier molecular flexibility index (Phi) is 9.51. The third kappa shape index (κ3) is 7.13. The Morgan fingerprint density at radius 1 is 1.08 bits per heavy atom. The molecule has 2 bridgehead atoms. The van der Waals surface area contributed by atoms with E-state index in [1.165, 1.54) is 7.11 Å². The van der Waals surface area contributed by atoms with Gasteiger partial charge >= 0.3 is 5.97 Å². The molecule has 1 fully saturated rings. The topological polar surface area (TPSA) is 118 Å². The van der Waals surface area contributed by atoms with Gasteiger partial charge in [0.05, 0.1) is 25.1 Å². The first-order valence-corrected chi connectivity index (χ1v) is 13.4. The number of aryl methyl sites for hydroxylation is 1. The van der Waals surface area contributed by atoms with Crippen LogP contribution in [-0.2, 0) is 19.1 Å². The SMILES string of the molecule is COC(=O)CCCC(=O)N1CCCNC(=O)[C@H]2CN(C(=O)c3cccnc3C)C[C@@H]2c2cccc(c2)OCC1. The van der Waals surface area contributed by atoms with Crippen molar-refractivity contribution < 1.29 is 28.7 Å². The second-order valence-electron chi connectivity index (χ2n) is 9.94. The number of carbonyl (C=O) groups excluding carboxylic acids is 4. The summed E-state index contributed by atoms with van der Waals surface area (Å²) in [5.41, 5.74) is 2.13. The van der Waals surface area contributed by atoms with E-state index in [4.69, 9.17) is 4.74 Å². The zero-order valence-corrected chi connectivity index (χ0v) is 22.6. The first-order chi connectivity index (χ1) is 18.9. The summed E-state index contributed by atoms with van der Waals surface area (Å²) in [4.78, 5) is 58.6. The van der Waals surface area contributed by atoms with Crippen LogP contribution in [0.3, 0.4) is 0 Å². The fourth-order valence-electron chi connectivity index (χ4n) is 5.18. The molecule has 208 valence electrons. The molecule has 0 saturated carbocycles. The van der Waals surface area contributed by atoms with Crippen LogP contribution in [0, 0.1) is 12.8 Å². The summed E-state index contributed by atoms with van der Waals surface area (Å²) in [6.45, 7) is 4.11. The molecule has 3 heterocycles. The van der Waals surface area contributed by atoms with Crippen LogP contribution in [0.5, 0.6) is 5.75 Å². The zero-order chi connectivity index (χ0) is 27.8. The molecule has 2 aromatic rings. The molecule has 1 N–H and O–H groups in total. The van der Waals surface area contributed by atoms with E-state index in [2.05, 4.69) is 15.0 Å². The number of esters is 1. The molecule has 10 heteroatoms. The fourth-order valence-corrected chi connectivity index (χ4v) is 5.18. The number of aromatic nitrogens is 1. The fraction of sp³-hybridized carbons (Fsp3) is 0.483. The Morgan fingerprint density at radius 2 is 1.90 bits per heavy atom. The number of carbonyl (C=O) groups is 4. The van der Waals surface area contributed by atoms with Crippen LogP contribution in [0.25, 0.3) is 0 Å². The van der Waals surface area contributed by atoms with E-state index in [0.29, 0.717) is 69.2 Å². The molecule has 2 aliphatic rings. The van der Waals surface area contributed by atoms with Gasteiger partial charge in [-0.2, -0.15) is 0 Å². The summed E-state index contributed by atoms with van der Waals surface area (Å²) in [6, 6.07) is 11.1. The second kappa shape index (κ2) is 13.2. The molecule has 1 saturated heterocycles. The smallest absolute Gasteiger partial charge is 0.305 e. The van der Waals surface area contributed by atoms with Crippen LogP contribution in [0.15, 0.2) is 42.6 Å². The molecule has 2 aliphatic heterocycles. The molecule has 0 spiro atoms. The Balaban J connectivity index is 1.48. The first kappa shape index (κ1) is 28.1. The predicted molar refractivity (Wildman–Crippen MR) is 143 cm³/mol. The Hall–Kier alpha value is -3.95. The minimum atomic E-state index is -0.417. The number of nitrogens with zero attached hydrogens (tertiary/aromatic N) is 3. The molecule has 39 heavy (non-hydrogen) atoms. The summed E-state index contributed by atoms with van der Waals surface area (Å²) < 4.78 is 10.7. The third-order valence-electron chi connectivity index (χ3n) is 7.35. The molecule has 1 aromatic heterocycles. The molecular weight excluding hydrogens is 500 g/mol. The number of rotatable bonds is 5. The lowest BCUT2D eigenvalue weighted by atomic mass is 9.88. The van der Waals surface area contributed by atoms with Crippen LogP contribution in [0.1, 0.15) is 53.2 Å². The van der Waals surface area contributed by atoms with Gasteiger partial charge in [0.15, 0.2) is 0 Å². The highest BCUT2D eigenvalue weighted by molar-refractivity contribution is 5.96. The van der Waals surface area contributed by atoms with Gasteiger partial charge in [-0.1, -0.05) is 12.1 Å². The maximum absolute atomic E-state index is 13.4. The average Bonchev–Trinajstić information content (AvgIpc) is 3.39. The Morgan fingerprint density at radius 3 is 2.69 bits per heavy atom. The van der Waals surface area contributed by atoms with Crippen LogP contribution >= 0.6 is 0 Å². The maximum Gasteiger partial charge on any atom is 0.305 e. The average molecular weight is 537 g/mol. The minimum Gasteiger partial charge on any atom is -0.492 e. The predicted octanol–water partition coefficient (Wildman–Crippen LogP) is 2.32. The van der Waals surface area contributed by atoms with E-state index in [1.54, 1.807) is 35.1 Å². The number of likely N-dealkylation sites (tertiary alicyclic amines) is 1. The molecule has 2 atom stereocenters. The van der Waals surface area contributed by atoms with Crippen molar-refractivity contribution in [2.75, 3.05) is 46.4 Å². The maximum atomic E-state index is 13.4. The number of amides is 3. The van der Waals surface area contributed by atoms with Crippen molar-refractivity contribution >= 4 is 23.7 Å². The van der Waals surface area contributed by atoms with Gasteiger partial charge in [0.2, 0.25) is 11.8 Å². The number of pyridine rings is 1. The lowest BCUT2D eigenvalue weighted by Crippen LogP contribution is -2.39. The highest BCUT2D eigenvalue weighted by Crippen LogP contribution is 2.35. The quantitative estimate of drug-likeness (QED) is 0.583. The largest absolute Gasteiger partial charge is 0.492 e. The van der Waals surface area contributed by atoms with E-state index in [1.807, 2.05) is 24.3 Å². The van der Waals surface area contributed by atoms with Crippen molar-refractivity contribution in [1.29, 1.82) is 0 Å². The minimum absolute atomic E-state index is 0.0645. The highest BCUT2D eigenvalue weighted by Gasteiger charge is 2.41. The van der Waals surface area contributed by atoms with Crippen molar-refractivity contribution in [3.05, 3.63) is 59.4 Å². The molecule has 0 radical (unpaired) electrons. The van der Waals surface area contributed by atoms with Gasteiger partial charge in [0.25, 0.3) is 5.91 Å². The van der Waals surface area contributed by atoms with Crippen molar-refractivity contribution in [3.8, 4) is 5.75 Å². The van der Waals surface area contributed by atoms with Gasteiger partial charge in [-0.25, -0.2) is 0 Å². The molecule has 0 unspecified atom stereocenters. The van der Waals surface area contributed by atoms with Gasteiger partial charge in [0, 0.05) is 56.8 Å². The van der Waals surface area contributed by atoms with Crippen molar-refractivity contribution in [2.24, 2.45) is 5.92 Å². The number of hydrogen-bond acceptors (Lipinski definition) is 7. The molecule has 0 aliphatic carbocycles. The number of methoxy groups -OCH3 is 1. The lowest BCUT2D eigenvalue weighted by Gasteiger charge is -2.24. The summed E-state index contributed by atoms with van der Waals surface area (Å²) in [5, 5.41) is 3.03.